The van der Waals surface area contributed by atoms with Crippen LogP contribution in [0.25, 0.3) is 0 Å². The summed E-state index contributed by atoms with van der Waals surface area (Å²) in [6, 6.07) is 4.72. The summed E-state index contributed by atoms with van der Waals surface area (Å²) in [4.78, 5) is 11.0. The number of aromatic carboxylic acids is 1. The van der Waals surface area contributed by atoms with Gasteiger partial charge in [-0.3, -0.25) is 0 Å². The highest BCUT2D eigenvalue weighted by Crippen LogP contribution is 2.32. The molecule has 5 nitrogen and oxygen atoms in total. The van der Waals surface area contributed by atoms with Crippen molar-refractivity contribution in [1.29, 1.82) is 0 Å². The van der Waals surface area contributed by atoms with Crippen molar-refractivity contribution in [2.45, 2.75) is 44.8 Å². The number of carboxylic acid groups (broad SMARTS) is 1. The van der Waals surface area contributed by atoms with E-state index in [0.29, 0.717) is 18.1 Å². The van der Waals surface area contributed by atoms with Gasteiger partial charge >= 0.3 is 5.97 Å². The smallest absolute Gasteiger partial charge is 0.335 e. The normalized spacial score (nSPS) is 21.8. The van der Waals surface area contributed by atoms with Crippen molar-refractivity contribution in [1.82, 2.24) is 0 Å². The molecule has 0 spiro atoms. The van der Waals surface area contributed by atoms with Gasteiger partial charge in [-0.05, 0) is 44.4 Å². The van der Waals surface area contributed by atoms with Crippen LogP contribution >= 0.6 is 0 Å². The Bertz CT molecular complexity index is 486. The van der Waals surface area contributed by atoms with Gasteiger partial charge in [0.15, 0.2) is 11.5 Å². The third-order valence-electron chi connectivity index (χ3n) is 3.70. The first kappa shape index (κ1) is 15.6. The van der Waals surface area contributed by atoms with Crippen LogP contribution in [0.5, 0.6) is 11.5 Å². The van der Waals surface area contributed by atoms with Gasteiger partial charge in [0.1, 0.15) is 6.10 Å². The van der Waals surface area contributed by atoms with Crippen molar-refractivity contribution in [3.63, 3.8) is 0 Å². The number of hydrogen-bond donors (Lipinski definition) is 1. The van der Waals surface area contributed by atoms with E-state index < -0.39 is 5.97 Å². The van der Waals surface area contributed by atoms with Crippen molar-refractivity contribution < 1.29 is 24.1 Å². The van der Waals surface area contributed by atoms with Crippen LogP contribution < -0.4 is 9.47 Å². The van der Waals surface area contributed by atoms with Crippen LogP contribution in [0.3, 0.4) is 0 Å². The summed E-state index contributed by atoms with van der Waals surface area (Å²) >= 11 is 0. The van der Waals surface area contributed by atoms with Gasteiger partial charge in [-0.15, -0.1) is 0 Å². The minimum Gasteiger partial charge on any atom is -0.490 e. The van der Waals surface area contributed by atoms with E-state index in [9.17, 15) is 4.79 Å². The minimum atomic E-state index is -0.973. The second-order valence-corrected chi connectivity index (χ2v) is 5.16. The molecule has 1 saturated carbocycles. The van der Waals surface area contributed by atoms with Crippen LogP contribution in [-0.2, 0) is 4.74 Å². The molecule has 0 heterocycles. The summed E-state index contributed by atoms with van der Waals surface area (Å²) in [6.45, 7) is 2.32. The maximum atomic E-state index is 11.0. The first-order valence-electron chi connectivity index (χ1n) is 7.33. The number of methoxy groups -OCH3 is 1. The Morgan fingerprint density at radius 2 is 2.05 bits per heavy atom. The molecule has 0 bridgehead atoms. The molecule has 0 aromatic heterocycles. The summed E-state index contributed by atoms with van der Waals surface area (Å²) in [7, 11) is 1.72. The number of hydrogen-bond acceptors (Lipinski definition) is 4. The molecule has 0 radical (unpaired) electrons. The SMILES string of the molecule is CCOc1cc(C(=O)O)ccc1OC1CCCC(OC)C1. The molecule has 1 fully saturated rings. The maximum absolute atomic E-state index is 11.0. The second kappa shape index (κ2) is 7.31. The van der Waals surface area contributed by atoms with Crippen LogP contribution in [0.2, 0.25) is 0 Å². The van der Waals surface area contributed by atoms with Gasteiger partial charge in [-0.25, -0.2) is 4.79 Å². The van der Waals surface area contributed by atoms with Crippen LogP contribution in [-0.4, -0.2) is 37.0 Å². The quantitative estimate of drug-likeness (QED) is 0.873. The molecule has 0 amide bonds. The van der Waals surface area contributed by atoms with E-state index in [0.717, 1.165) is 25.7 Å². The highest BCUT2D eigenvalue weighted by molar-refractivity contribution is 5.88. The third kappa shape index (κ3) is 4.11. The first-order valence-corrected chi connectivity index (χ1v) is 7.33. The zero-order valence-electron chi connectivity index (χ0n) is 12.5. The van der Waals surface area contributed by atoms with Crippen LogP contribution in [0.15, 0.2) is 18.2 Å². The van der Waals surface area contributed by atoms with E-state index in [1.165, 1.54) is 12.1 Å². The molecule has 2 rings (SSSR count). The second-order valence-electron chi connectivity index (χ2n) is 5.16. The number of benzene rings is 1. The molecule has 1 N–H and O–H groups in total. The van der Waals surface area contributed by atoms with Gasteiger partial charge < -0.3 is 19.3 Å². The molecule has 2 atom stereocenters. The average molecular weight is 294 g/mol. The lowest BCUT2D eigenvalue weighted by Crippen LogP contribution is -2.29. The zero-order valence-corrected chi connectivity index (χ0v) is 12.5. The summed E-state index contributed by atoms with van der Waals surface area (Å²) < 4.78 is 16.9. The molecule has 0 saturated heterocycles. The summed E-state index contributed by atoms with van der Waals surface area (Å²) in [6.07, 6.45) is 4.28. The Balaban J connectivity index is 2.12. The summed E-state index contributed by atoms with van der Waals surface area (Å²) in [5, 5.41) is 9.04. The topological polar surface area (TPSA) is 65.0 Å². The van der Waals surface area contributed by atoms with Crippen LogP contribution in [0.1, 0.15) is 43.0 Å². The molecule has 21 heavy (non-hydrogen) atoms. The molecule has 1 aliphatic rings. The van der Waals surface area contributed by atoms with Crippen LogP contribution in [0.4, 0.5) is 0 Å². The largest absolute Gasteiger partial charge is 0.490 e. The fourth-order valence-corrected chi connectivity index (χ4v) is 2.61. The number of ether oxygens (including phenoxy) is 3. The predicted octanol–water partition coefficient (Wildman–Crippen LogP) is 3.12. The lowest BCUT2D eigenvalue weighted by Gasteiger charge is -2.29. The van der Waals surface area contributed by atoms with Gasteiger partial charge in [0.25, 0.3) is 0 Å². The molecule has 0 aliphatic heterocycles. The van der Waals surface area contributed by atoms with Gasteiger partial charge in [-0.2, -0.15) is 0 Å². The Morgan fingerprint density at radius 3 is 2.71 bits per heavy atom. The standard InChI is InChI=1S/C16H22O5/c1-3-20-15-9-11(16(17)18)7-8-14(15)21-13-6-4-5-12(10-13)19-2/h7-9,12-13H,3-6,10H2,1-2H3,(H,17,18). The van der Waals surface area contributed by atoms with E-state index in [1.54, 1.807) is 13.2 Å². The van der Waals surface area contributed by atoms with Crippen LogP contribution in [0, 0.1) is 0 Å². The minimum absolute atomic E-state index is 0.0820. The van der Waals surface area contributed by atoms with Crippen molar-refractivity contribution in [3.05, 3.63) is 23.8 Å². The fraction of sp³-hybridized carbons (Fsp3) is 0.562. The van der Waals surface area contributed by atoms with Crippen molar-refractivity contribution in [2.75, 3.05) is 13.7 Å². The Morgan fingerprint density at radius 1 is 1.29 bits per heavy atom. The van der Waals surface area contributed by atoms with Gasteiger partial charge in [0.2, 0.25) is 0 Å². The van der Waals surface area contributed by atoms with Gasteiger partial charge in [0.05, 0.1) is 18.3 Å². The molecule has 2 unspecified atom stereocenters. The van der Waals surface area contributed by atoms with Crippen molar-refractivity contribution in [3.8, 4) is 11.5 Å². The number of carboxylic acids is 1. The van der Waals surface area contributed by atoms with E-state index >= 15 is 0 Å². The molecule has 5 heteroatoms. The first-order chi connectivity index (χ1) is 10.1. The fourth-order valence-electron chi connectivity index (χ4n) is 2.61. The Labute approximate surface area is 124 Å². The maximum Gasteiger partial charge on any atom is 0.335 e. The van der Waals surface area contributed by atoms with Crippen molar-refractivity contribution >= 4 is 5.97 Å². The highest BCUT2D eigenvalue weighted by Gasteiger charge is 2.24. The van der Waals surface area contributed by atoms with Crippen molar-refractivity contribution in [2.24, 2.45) is 0 Å². The van der Waals surface area contributed by atoms with Gasteiger partial charge in [0, 0.05) is 13.5 Å². The molecule has 116 valence electrons. The highest BCUT2D eigenvalue weighted by atomic mass is 16.5. The lowest BCUT2D eigenvalue weighted by atomic mass is 9.95. The van der Waals surface area contributed by atoms with Gasteiger partial charge in [-0.1, -0.05) is 0 Å². The van der Waals surface area contributed by atoms with E-state index in [2.05, 4.69) is 0 Å². The monoisotopic (exact) mass is 294 g/mol. The van der Waals surface area contributed by atoms with E-state index in [1.807, 2.05) is 6.92 Å². The lowest BCUT2D eigenvalue weighted by molar-refractivity contribution is 0.0200. The molecular formula is C16H22O5. The molecule has 1 aliphatic carbocycles. The molecular weight excluding hydrogens is 272 g/mol. The molecule has 1 aromatic rings. The summed E-state index contributed by atoms with van der Waals surface area (Å²) in [5.74, 6) is 0.111. The average Bonchev–Trinajstić information content (AvgIpc) is 2.49. The Kier molecular flexibility index (Phi) is 5.44. The number of rotatable bonds is 6. The third-order valence-corrected chi connectivity index (χ3v) is 3.70. The number of carbonyl (C=O) groups is 1. The van der Waals surface area contributed by atoms with E-state index in [4.69, 9.17) is 19.3 Å². The predicted molar refractivity (Wildman–Crippen MR) is 78.3 cm³/mol. The summed E-state index contributed by atoms with van der Waals surface area (Å²) in [5.41, 5.74) is 0.198. The Hall–Kier alpha value is -1.75. The zero-order chi connectivity index (χ0) is 15.2. The van der Waals surface area contributed by atoms with E-state index in [-0.39, 0.29) is 17.8 Å². The molecule has 1 aromatic carbocycles.